The van der Waals surface area contributed by atoms with Gasteiger partial charge in [0.1, 0.15) is 0 Å². The van der Waals surface area contributed by atoms with Crippen LogP contribution in [0.3, 0.4) is 0 Å². The number of methoxy groups -OCH3 is 3. The normalized spacial score (nSPS) is 15.1. The lowest BCUT2D eigenvalue weighted by atomic mass is 10.1. The highest BCUT2D eigenvalue weighted by molar-refractivity contribution is 7.89. The molecule has 0 aromatic heterocycles. The molecule has 1 N–H and O–H groups in total. The van der Waals surface area contributed by atoms with Gasteiger partial charge in [0, 0.05) is 43.5 Å². The molecule has 3 rings (SSSR count). The van der Waals surface area contributed by atoms with Crippen molar-refractivity contribution >= 4 is 33.2 Å². The molecule has 0 bridgehead atoms. The monoisotopic (exact) mass is 491 g/mol. The summed E-state index contributed by atoms with van der Waals surface area (Å²) in [6.07, 6.45) is 0.559. The number of amides is 2. The third-order valence-electron chi connectivity index (χ3n) is 5.63. The van der Waals surface area contributed by atoms with Crippen LogP contribution in [0, 0.1) is 0 Å². The largest absolute Gasteiger partial charge is 0.493 e. The van der Waals surface area contributed by atoms with Crippen molar-refractivity contribution < 1.29 is 32.2 Å². The number of sulfonamides is 1. The van der Waals surface area contributed by atoms with Crippen molar-refractivity contribution in [2.45, 2.75) is 31.2 Å². The van der Waals surface area contributed by atoms with Crippen molar-refractivity contribution in [2.24, 2.45) is 0 Å². The van der Waals surface area contributed by atoms with E-state index >= 15 is 0 Å². The molecule has 10 nitrogen and oxygen atoms in total. The molecular weight excluding hydrogens is 462 g/mol. The first-order valence-corrected chi connectivity index (χ1v) is 12.0. The fraction of sp³-hybridized carbons (Fsp3) is 0.391. The van der Waals surface area contributed by atoms with E-state index in [0.717, 1.165) is 9.87 Å². The highest BCUT2D eigenvalue weighted by Crippen LogP contribution is 2.40. The summed E-state index contributed by atoms with van der Waals surface area (Å²) in [6, 6.07) is 7.71. The van der Waals surface area contributed by atoms with Gasteiger partial charge in [-0.05, 0) is 37.1 Å². The Bertz CT molecular complexity index is 1190. The summed E-state index contributed by atoms with van der Waals surface area (Å²) in [5, 5.41) is 2.66. The maximum atomic E-state index is 13.1. The molecule has 1 heterocycles. The summed E-state index contributed by atoms with van der Waals surface area (Å²) in [4.78, 5) is 26.3. The highest BCUT2D eigenvalue weighted by atomic mass is 32.2. The third-order valence-corrected chi connectivity index (χ3v) is 7.43. The lowest BCUT2D eigenvalue weighted by Gasteiger charge is -2.21. The van der Waals surface area contributed by atoms with Crippen LogP contribution in [0.4, 0.5) is 11.4 Å². The molecular formula is C23H29N3O7S. The molecule has 2 aromatic carbocycles. The maximum absolute atomic E-state index is 13.1. The number of nitrogens with one attached hydrogen (secondary N) is 1. The van der Waals surface area contributed by atoms with E-state index < -0.39 is 22.5 Å². The predicted molar refractivity (Wildman–Crippen MR) is 127 cm³/mol. The lowest BCUT2D eigenvalue weighted by Crippen LogP contribution is -2.35. The Morgan fingerprint density at radius 1 is 1.09 bits per heavy atom. The Hall–Kier alpha value is -3.31. The fourth-order valence-corrected chi connectivity index (χ4v) is 5.25. The summed E-state index contributed by atoms with van der Waals surface area (Å²) >= 11 is 0. The highest BCUT2D eigenvalue weighted by Gasteiger charge is 2.31. The number of carbonyl (C=O) groups excluding carboxylic acids is 2. The summed E-state index contributed by atoms with van der Waals surface area (Å²) in [5.41, 5.74) is 1.85. The van der Waals surface area contributed by atoms with Gasteiger partial charge in [-0.25, -0.2) is 8.42 Å². The van der Waals surface area contributed by atoms with Gasteiger partial charge in [-0.3, -0.25) is 9.59 Å². The van der Waals surface area contributed by atoms with Crippen LogP contribution in [0.5, 0.6) is 17.2 Å². The second kappa shape index (κ2) is 9.90. The van der Waals surface area contributed by atoms with Crippen LogP contribution in [0.2, 0.25) is 0 Å². The average molecular weight is 492 g/mol. The average Bonchev–Trinajstić information content (AvgIpc) is 3.13. The molecule has 1 atom stereocenters. The van der Waals surface area contributed by atoms with Gasteiger partial charge in [0.15, 0.2) is 11.5 Å². The summed E-state index contributed by atoms with van der Waals surface area (Å²) < 4.78 is 43.0. The Morgan fingerprint density at radius 2 is 1.71 bits per heavy atom. The van der Waals surface area contributed by atoms with Crippen molar-refractivity contribution in [3.8, 4) is 17.2 Å². The Kier molecular flexibility index (Phi) is 7.37. The molecule has 2 amide bonds. The van der Waals surface area contributed by atoms with E-state index in [1.54, 1.807) is 29.2 Å². The van der Waals surface area contributed by atoms with E-state index in [0.29, 0.717) is 35.0 Å². The van der Waals surface area contributed by atoms with E-state index in [2.05, 4.69) is 5.32 Å². The second-order valence-corrected chi connectivity index (χ2v) is 10.0. The van der Waals surface area contributed by atoms with Crippen LogP contribution < -0.4 is 24.4 Å². The minimum atomic E-state index is -3.94. The minimum absolute atomic E-state index is 0.0487. The molecule has 1 aliphatic rings. The van der Waals surface area contributed by atoms with Gasteiger partial charge in [-0.2, -0.15) is 4.31 Å². The first kappa shape index (κ1) is 25.3. The van der Waals surface area contributed by atoms with Crippen molar-refractivity contribution in [3.63, 3.8) is 0 Å². The topological polar surface area (TPSA) is 114 Å². The summed E-state index contributed by atoms with van der Waals surface area (Å²) in [7, 11) is 1.77. The van der Waals surface area contributed by atoms with E-state index in [9.17, 15) is 18.0 Å². The maximum Gasteiger partial charge on any atom is 0.243 e. The lowest BCUT2D eigenvalue weighted by molar-refractivity contribution is -0.117. The first-order valence-electron chi connectivity index (χ1n) is 10.5. The molecule has 2 aromatic rings. The minimum Gasteiger partial charge on any atom is -0.493 e. The van der Waals surface area contributed by atoms with E-state index in [-0.39, 0.29) is 16.8 Å². The van der Waals surface area contributed by atoms with Crippen LogP contribution in [-0.4, -0.2) is 65.5 Å². The summed E-state index contributed by atoms with van der Waals surface area (Å²) in [6.45, 7) is 2.98. The number of nitrogens with zero attached hydrogens (tertiary/aromatic N) is 2. The molecule has 11 heteroatoms. The van der Waals surface area contributed by atoms with Crippen molar-refractivity contribution in [1.29, 1.82) is 0 Å². The van der Waals surface area contributed by atoms with Gasteiger partial charge in [0.25, 0.3) is 0 Å². The number of hydrogen-bond donors (Lipinski definition) is 1. The van der Waals surface area contributed by atoms with Crippen molar-refractivity contribution in [3.05, 3.63) is 35.9 Å². The van der Waals surface area contributed by atoms with E-state index in [1.165, 1.54) is 41.4 Å². The molecule has 0 radical (unpaired) electrons. The zero-order chi connectivity index (χ0) is 25.2. The van der Waals surface area contributed by atoms with Gasteiger partial charge >= 0.3 is 0 Å². The van der Waals surface area contributed by atoms with Gasteiger partial charge in [0.05, 0.1) is 32.8 Å². The van der Waals surface area contributed by atoms with Crippen LogP contribution in [0.1, 0.15) is 19.4 Å². The van der Waals surface area contributed by atoms with Crippen molar-refractivity contribution in [1.82, 2.24) is 4.31 Å². The Labute approximate surface area is 199 Å². The molecule has 0 saturated carbocycles. The van der Waals surface area contributed by atoms with E-state index in [1.807, 2.05) is 6.92 Å². The molecule has 0 saturated heterocycles. The molecule has 34 heavy (non-hydrogen) atoms. The van der Waals surface area contributed by atoms with Gasteiger partial charge < -0.3 is 24.4 Å². The number of likely N-dealkylation sites (N-methyl/N-ethyl adjacent to an activating group) is 1. The van der Waals surface area contributed by atoms with Gasteiger partial charge in [-0.1, -0.05) is 0 Å². The number of benzene rings is 2. The van der Waals surface area contributed by atoms with E-state index in [4.69, 9.17) is 14.2 Å². The number of anilines is 2. The Morgan fingerprint density at radius 3 is 2.24 bits per heavy atom. The number of hydrogen-bond acceptors (Lipinski definition) is 7. The van der Waals surface area contributed by atoms with Crippen LogP contribution >= 0.6 is 0 Å². The zero-order valence-electron chi connectivity index (χ0n) is 20.0. The van der Waals surface area contributed by atoms with Gasteiger partial charge in [-0.15, -0.1) is 0 Å². The van der Waals surface area contributed by atoms with Crippen LogP contribution in [-0.2, 0) is 26.0 Å². The zero-order valence-corrected chi connectivity index (χ0v) is 20.9. The molecule has 0 fully saturated rings. The second-order valence-electron chi connectivity index (χ2n) is 7.96. The molecule has 0 spiro atoms. The van der Waals surface area contributed by atoms with Gasteiger partial charge in [0.2, 0.25) is 27.6 Å². The fourth-order valence-electron chi connectivity index (χ4n) is 4.07. The van der Waals surface area contributed by atoms with Crippen LogP contribution in [0.25, 0.3) is 0 Å². The number of rotatable bonds is 8. The Balaban J connectivity index is 1.77. The molecule has 0 aliphatic carbocycles. The smallest absolute Gasteiger partial charge is 0.243 e. The van der Waals surface area contributed by atoms with Crippen molar-refractivity contribution in [2.75, 3.05) is 45.1 Å². The number of carbonyl (C=O) groups is 2. The first-order chi connectivity index (χ1) is 16.0. The number of ether oxygens (including phenoxy) is 3. The standard InChI is InChI=1S/C23H29N3O7S/c1-14-9-16-10-18(7-8-19(16)26(14)15(2)27)34(29,30)25(3)13-22(28)24-17-11-20(31-4)23(33-6)21(12-17)32-5/h7-8,10-12,14H,9,13H2,1-6H3,(H,24,28)/t14-/m1/s1. The predicted octanol–water partition coefficient (Wildman–Crippen LogP) is 2.27. The molecule has 184 valence electrons. The quantitative estimate of drug-likeness (QED) is 0.602. The number of fused-ring (bicyclic) bond motifs is 1. The third kappa shape index (κ3) is 4.80. The molecule has 0 unspecified atom stereocenters. The van der Waals surface area contributed by atoms with Crippen LogP contribution in [0.15, 0.2) is 35.2 Å². The summed E-state index contributed by atoms with van der Waals surface area (Å²) in [5.74, 6) is 0.437. The molecule has 1 aliphatic heterocycles. The SMILES string of the molecule is COc1cc(NC(=O)CN(C)S(=O)(=O)c2ccc3c(c2)C[C@@H](C)N3C(C)=O)cc(OC)c1OC.